The third kappa shape index (κ3) is 6.92. The molecule has 27 heavy (non-hydrogen) atoms. The van der Waals surface area contributed by atoms with Crippen LogP contribution in [0.2, 0.25) is 0 Å². The minimum absolute atomic E-state index is 0.0675. The van der Waals surface area contributed by atoms with Gasteiger partial charge in [-0.3, -0.25) is 4.79 Å². The fraction of sp³-hybridized carbons (Fsp3) is 0.450. The Morgan fingerprint density at radius 2 is 2.04 bits per heavy atom. The van der Waals surface area contributed by atoms with Gasteiger partial charge < -0.3 is 4.74 Å². The first-order valence-corrected chi connectivity index (χ1v) is 10.6. The van der Waals surface area contributed by atoms with Crippen LogP contribution in [-0.2, 0) is 19.6 Å². The Kier molecular flexibility index (Phi) is 8.19. The second kappa shape index (κ2) is 10.4. The van der Waals surface area contributed by atoms with Crippen LogP contribution in [0, 0.1) is 11.7 Å². The van der Waals surface area contributed by atoms with Crippen molar-refractivity contribution in [3.63, 3.8) is 0 Å². The maximum Gasteiger partial charge on any atom is 0.305 e. The minimum atomic E-state index is -3.64. The van der Waals surface area contributed by atoms with Gasteiger partial charge in [-0.1, -0.05) is 23.8 Å². The number of benzene rings is 1. The molecule has 1 atom stereocenters. The highest BCUT2D eigenvalue weighted by Gasteiger charge is 2.21. The number of ether oxygens (including phenoxy) is 1. The number of nitrogens with one attached hydrogen (secondary N) is 1. The zero-order chi connectivity index (χ0) is 19.7. The zero-order valence-electron chi connectivity index (χ0n) is 15.5. The van der Waals surface area contributed by atoms with Crippen LogP contribution in [-0.4, -0.2) is 28.0 Å². The molecule has 1 aliphatic rings. The van der Waals surface area contributed by atoms with Gasteiger partial charge in [-0.15, -0.1) is 0 Å². The second-order valence-electron chi connectivity index (χ2n) is 6.50. The molecule has 0 saturated heterocycles. The van der Waals surface area contributed by atoms with Gasteiger partial charge in [0.05, 0.1) is 12.0 Å². The maximum atomic E-state index is 13.0. The third-order valence-corrected chi connectivity index (χ3v) is 6.03. The van der Waals surface area contributed by atoms with Gasteiger partial charge in [-0.05, 0) is 62.3 Å². The van der Waals surface area contributed by atoms with E-state index in [0.717, 1.165) is 44.2 Å². The lowest BCUT2D eigenvalue weighted by molar-refractivity contribution is -0.140. The smallest absolute Gasteiger partial charge is 0.305 e. The molecule has 2 rings (SSSR count). The molecule has 0 saturated carbocycles. The Labute approximate surface area is 160 Å². The van der Waals surface area contributed by atoms with Crippen molar-refractivity contribution >= 4 is 16.0 Å². The predicted octanol–water partition coefficient (Wildman–Crippen LogP) is 3.73. The second-order valence-corrected chi connectivity index (χ2v) is 8.27. The molecule has 0 fully saturated rings. The van der Waals surface area contributed by atoms with Gasteiger partial charge in [0.2, 0.25) is 10.0 Å². The molecule has 0 aliphatic heterocycles. The fourth-order valence-corrected chi connectivity index (χ4v) is 4.10. The third-order valence-electron chi connectivity index (χ3n) is 4.59. The van der Waals surface area contributed by atoms with Gasteiger partial charge in [-0.25, -0.2) is 17.5 Å². The van der Waals surface area contributed by atoms with E-state index < -0.39 is 15.8 Å². The Bertz CT molecular complexity index is 785. The summed E-state index contributed by atoms with van der Waals surface area (Å²) in [4.78, 5) is 11.1. The van der Waals surface area contributed by atoms with Crippen LogP contribution in [0.5, 0.6) is 0 Å². The van der Waals surface area contributed by atoms with Crippen LogP contribution < -0.4 is 4.72 Å². The number of allylic oxidation sites excluding steroid dienone is 3. The van der Waals surface area contributed by atoms with Crippen molar-refractivity contribution in [3.8, 4) is 0 Å². The van der Waals surface area contributed by atoms with E-state index in [1.54, 1.807) is 0 Å². The quantitative estimate of drug-likeness (QED) is 0.372. The molecule has 7 heteroatoms. The standard InChI is InChI=1S/C20H26FNO4S/c1-26-20(23)10-5-3-2-4-7-16-8-6-9-17(16)15-22-27(24,25)19-13-11-18(21)12-14-19/h2,4,8,11-14,17,22H,3,5-7,9-10,15H2,1H3/b4-2-. The SMILES string of the molecule is COC(=O)CCC/C=C\CC1=CCCC1CNS(=O)(=O)c1ccc(F)cc1. The first kappa shape index (κ1) is 21.3. The summed E-state index contributed by atoms with van der Waals surface area (Å²) in [5.41, 5.74) is 1.22. The lowest BCUT2D eigenvalue weighted by Gasteiger charge is -2.15. The van der Waals surface area contributed by atoms with E-state index >= 15 is 0 Å². The molecule has 5 nitrogen and oxygen atoms in total. The molecule has 0 bridgehead atoms. The number of methoxy groups -OCH3 is 1. The number of carbonyl (C=O) groups is 1. The normalized spacial score (nSPS) is 17.3. The summed E-state index contributed by atoms with van der Waals surface area (Å²) in [7, 11) is -2.25. The summed E-state index contributed by atoms with van der Waals surface area (Å²) in [6, 6.07) is 4.81. The molecule has 1 unspecified atom stereocenters. The summed E-state index contributed by atoms with van der Waals surface area (Å²) >= 11 is 0. The number of sulfonamides is 1. The van der Waals surface area contributed by atoms with Gasteiger partial charge in [0.1, 0.15) is 5.82 Å². The van der Waals surface area contributed by atoms with E-state index in [9.17, 15) is 17.6 Å². The zero-order valence-corrected chi connectivity index (χ0v) is 16.3. The number of esters is 1. The monoisotopic (exact) mass is 395 g/mol. The summed E-state index contributed by atoms with van der Waals surface area (Å²) in [6.07, 6.45) is 10.9. The molecule has 0 radical (unpaired) electrons. The van der Waals surface area contributed by atoms with Gasteiger partial charge in [0.25, 0.3) is 0 Å². The van der Waals surface area contributed by atoms with Crippen molar-refractivity contribution < 1.29 is 22.3 Å². The van der Waals surface area contributed by atoms with Crippen LogP contribution in [0.15, 0.2) is 53.0 Å². The predicted molar refractivity (Wildman–Crippen MR) is 102 cm³/mol. The highest BCUT2D eigenvalue weighted by atomic mass is 32.2. The number of carbonyl (C=O) groups excluding carboxylic acids is 1. The number of hydrogen-bond acceptors (Lipinski definition) is 4. The van der Waals surface area contributed by atoms with Crippen LogP contribution in [0.25, 0.3) is 0 Å². The number of rotatable bonds is 10. The summed E-state index contributed by atoms with van der Waals surface area (Å²) in [5.74, 6) is -0.497. The van der Waals surface area contributed by atoms with Gasteiger partial charge in [-0.2, -0.15) is 0 Å². The summed E-state index contributed by atoms with van der Waals surface area (Å²) < 4.78 is 44.8. The van der Waals surface area contributed by atoms with E-state index in [1.165, 1.54) is 24.8 Å². The van der Waals surface area contributed by atoms with Crippen molar-refractivity contribution in [2.24, 2.45) is 5.92 Å². The van der Waals surface area contributed by atoms with E-state index in [2.05, 4.69) is 21.6 Å². The molecule has 1 aromatic rings. The van der Waals surface area contributed by atoms with E-state index in [0.29, 0.717) is 13.0 Å². The molecule has 0 amide bonds. The molecule has 148 valence electrons. The number of unbranched alkanes of at least 4 members (excludes halogenated alkanes) is 1. The van der Waals surface area contributed by atoms with Crippen LogP contribution in [0.3, 0.4) is 0 Å². The van der Waals surface area contributed by atoms with Crippen molar-refractivity contribution in [2.45, 2.75) is 43.4 Å². The van der Waals surface area contributed by atoms with Crippen LogP contribution in [0.1, 0.15) is 38.5 Å². The summed E-state index contributed by atoms with van der Waals surface area (Å²) in [6.45, 7) is 0.335. The number of halogens is 1. The lowest BCUT2D eigenvalue weighted by atomic mass is 9.99. The van der Waals surface area contributed by atoms with E-state index in [1.807, 2.05) is 6.08 Å². The molecular weight excluding hydrogens is 369 g/mol. The van der Waals surface area contributed by atoms with Gasteiger partial charge in [0, 0.05) is 13.0 Å². The molecule has 1 N–H and O–H groups in total. The average molecular weight is 395 g/mol. The molecule has 1 aliphatic carbocycles. The van der Waals surface area contributed by atoms with Crippen LogP contribution >= 0.6 is 0 Å². The van der Waals surface area contributed by atoms with Crippen molar-refractivity contribution in [1.29, 1.82) is 0 Å². The molecule has 0 aromatic heterocycles. The van der Waals surface area contributed by atoms with Crippen molar-refractivity contribution in [2.75, 3.05) is 13.7 Å². The minimum Gasteiger partial charge on any atom is -0.469 e. The largest absolute Gasteiger partial charge is 0.469 e. The van der Waals surface area contributed by atoms with Crippen LogP contribution in [0.4, 0.5) is 4.39 Å². The highest BCUT2D eigenvalue weighted by molar-refractivity contribution is 7.89. The van der Waals surface area contributed by atoms with Crippen molar-refractivity contribution in [1.82, 2.24) is 4.72 Å². The Morgan fingerprint density at radius 3 is 2.74 bits per heavy atom. The number of hydrogen-bond donors (Lipinski definition) is 1. The van der Waals surface area contributed by atoms with E-state index in [4.69, 9.17) is 0 Å². The molecule has 0 heterocycles. The Balaban J connectivity index is 1.79. The topological polar surface area (TPSA) is 72.5 Å². The Morgan fingerprint density at radius 1 is 1.30 bits per heavy atom. The Hall–Kier alpha value is -1.99. The first-order valence-electron chi connectivity index (χ1n) is 9.08. The van der Waals surface area contributed by atoms with Gasteiger partial charge >= 0.3 is 5.97 Å². The fourth-order valence-electron chi connectivity index (χ4n) is 3.02. The molecule has 1 aromatic carbocycles. The lowest BCUT2D eigenvalue weighted by Crippen LogP contribution is -2.29. The molecule has 0 spiro atoms. The van der Waals surface area contributed by atoms with Gasteiger partial charge in [0.15, 0.2) is 0 Å². The van der Waals surface area contributed by atoms with E-state index in [-0.39, 0.29) is 16.8 Å². The first-order chi connectivity index (χ1) is 12.9. The maximum absolute atomic E-state index is 13.0. The molecular formula is C20H26FNO4S. The van der Waals surface area contributed by atoms with Crippen molar-refractivity contribution in [3.05, 3.63) is 53.9 Å². The summed E-state index contributed by atoms with van der Waals surface area (Å²) in [5, 5.41) is 0. The highest BCUT2D eigenvalue weighted by Crippen LogP contribution is 2.28. The average Bonchev–Trinajstić information content (AvgIpc) is 3.10.